The maximum atomic E-state index is 13.9. The molecule has 5 rings (SSSR count). The molecule has 0 N–H and O–H groups in total. The summed E-state index contributed by atoms with van der Waals surface area (Å²) in [4.78, 5) is 18.1. The number of rotatable bonds is 3. The highest BCUT2D eigenvalue weighted by atomic mass is 35.5. The smallest absolute Gasteiger partial charge is 0.255 e. The van der Waals surface area contributed by atoms with Gasteiger partial charge in [0.15, 0.2) is 0 Å². The van der Waals surface area contributed by atoms with Crippen LogP contribution in [0.25, 0.3) is 27.7 Å². The van der Waals surface area contributed by atoms with Gasteiger partial charge in [-0.2, -0.15) is 0 Å². The lowest BCUT2D eigenvalue weighted by Crippen LogP contribution is -2.53. The molecular formula is C29H27Cl3FN3O. The van der Waals surface area contributed by atoms with Gasteiger partial charge in [0.25, 0.3) is 5.56 Å². The van der Waals surface area contributed by atoms with E-state index in [9.17, 15) is 9.18 Å². The van der Waals surface area contributed by atoms with Crippen molar-refractivity contribution in [2.75, 3.05) is 31.1 Å². The van der Waals surface area contributed by atoms with Crippen molar-refractivity contribution >= 4 is 51.4 Å². The quantitative estimate of drug-likeness (QED) is 0.258. The van der Waals surface area contributed by atoms with E-state index in [-0.39, 0.29) is 11.1 Å². The van der Waals surface area contributed by atoms with Crippen LogP contribution in [-0.2, 0) is 0 Å². The topological polar surface area (TPSA) is 28.5 Å². The van der Waals surface area contributed by atoms with Gasteiger partial charge in [-0.25, -0.2) is 4.39 Å². The van der Waals surface area contributed by atoms with E-state index in [0.717, 1.165) is 42.8 Å². The predicted molar refractivity (Wildman–Crippen MR) is 154 cm³/mol. The molecule has 0 saturated carbocycles. The van der Waals surface area contributed by atoms with Crippen molar-refractivity contribution < 1.29 is 4.39 Å². The van der Waals surface area contributed by atoms with Crippen LogP contribution in [0.5, 0.6) is 0 Å². The van der Waals surface area contributed by atoms with E-state index in [0.29, 0.717) is 31.8 Å². The number of piperazine rings is 1. The molecule has 37 heavy (non-hydrogen) atoms. The van der Waals surface area contributed by atoms with Crippen LogP contribution in [0.1, 0.15) is 20.8 Å². The molecule has 3 aromatic carbocycles. The van der Waals surface area contributed by atoms with Crippen LogP contribution >= 0.6 is 34.8 Å². The normalized spacial score (nSPS) is 14.9. The second-order valence-corrected chi connectivity index (χ2v) is 11.5. The van der Waals surface area contributed by atoms with Gasteiger partial charge in [-0.3, -0.25) is 14.3 Å². The summed E-state index contributed by atoms with van der Waals surface area (Å²) in [6, 6.07) is 16.9. The number of fused-ring (bicyclic) bond motifs is 1. The largest absolute Gasteiger partial charge is 0.369 e. The van der Waals surface area contributed by atoms with E-state index < -0.39 is 5.82 Å². The van der Waals surface area contributed by atoms with Crippen molar-refractivity contribution in [3.8, 4) is 16.8 Å². The van der Waals surface area contributed by atoms with Crippen LogP contribution in [-0.4, -0.2) is 41.2 Å². The molecule has 1 saturated heterocycles. The molecule has 4 nitrogen and oxygen atoms in total. The molecule has 0 radical (unpaired) electrons. The molecule has 4 aromatic rings. The molecule has 0 amide bonds. The highest BCUT2D eigenvalue weighted by Crippen LogP contribution is 2.39. The van der Waals surface area contributed by atoms with Crippen molar-refractivity contribution in [3.63, 3.8) is 0 Å². The van der Waals surface area contributed by atoms with Gasteiger partial charge in [0.05, 0.1) is 26.3 Å². The number of anilines is 1. The van der Waals surface area contributed by atoms with Gasteiger partial charge in [0.1, 0.15) is 5.82 Å². The Morgan fingerprint density at radius 2 is 1.46 bits per heavy atom. The highest BCUT2D eigenvalue weighted by Gasteiger charge is 2.27. The molecule has 2 heterocycles. The molecule has 1 aliphatic heterocycles. The van der Waals surface area contributed by atoms with Crippen molar-refractivity contribution in [2.24, 2.45) is 0 Å². The van der Waals surface area contributed by atoms with E-state index in [1.54, 1.807) is 34.9 Å². The maximum absolute atomic E-state index is 13.9. The van der Waals surface area contributed by atoms with Crippen molar-refractivity contribution in [1.29, 1.82) is 0 Å². The van der Waals surface area contributed by atoms with Gasteiger partial charge in [0.2, 0.25) is 0 Å². The number of nitrogens with zero attached hydrogens (tertiary/aromatic N) is 3. The van der Waals surface area contributed by atoms with E-state index in [2.05, 4.69) is 36.6 Å². The van der Waals surface area contributed by atoms with E-state index in [4.69, 9.17) is 34.8 Å². The molecule has 1 fully saturated rings. The Hall–Kier alpha value is -2.57. The summed E-state index contributed by atoms with van der Waals surface area (Å²) in [6.07, 6.45) is 0. The van der Waals surface area contributed by atoms with E-state index in [1.807, 2.05) is 6.07 Å². The Morgan fingerprint density at radius 1 is 0.784 bits per heavy atom. The van der Waals surface area contributed by atoms with Crippen LogP contribution in [0, 0.1) is 5.82 Å². The van der Waals surface area contributed by atoms with Gasteiger partial charge in [-0.1, -0.05) is 40.9 Å². The average Bonchev–Trinajstić information content (AvgIpc) is 2.84. The summed E-state index contributed by atoms with van der Waals surface area (Å²) in [6.45, 7) is 10.1. The first-order valence-corrected chi connectivity index (χ1v) is 13.3. The Kier molecular flexibility index (Phi) is 7.01. The van der Waals surface area contributed by atoms with Crippen LogP contribution < -0.4 is 10.5 Å². The fourth-order valence-electron chi connectivity index (χ4n) is 5.01. The Balaban J connectivity index is 1.77. The zero-order chi connectivity index (χ0) is 26.5. The molecular weight excluding hydrogens is 532 g/mol. The fraction of sp³-hybridized carbons (Fsp3) is 0.276. The second-order valence-electron chi connectivity index (χ2n) is 10.3. The lowest BCUT2D eigenvalue weighted by molar-refractivity contribution is 0.128. The molecule has 192 valence electrons. The molecule has 1 aromatic heterocycles. The maximum Gasteiger partial charge on any atom is 0.255 e. The molecule has 0 spiro atoms. The Bertz CT molecular complexity index is 1530. The van der Waals surface area contributed by atoms with Gasteiger partial charge < -0.3 is 4.90 Å². The van der Waals surface area contributed by atoms with Gasteiger partial charge in [-0.15, -0.1) is 0 Å². The molecule has 8 heteroatoms. The average molecular weight is 559 g/mol. The lowest BCUT2D eigenvalue weighted by Gasteiger charge is -2.43. The summed E-state index contributed by atoms with van der Waals surface area (Å²) < 4.78 is 15.5. The predicted octanol–water partition coefficient (Wildman–Crippen LogP) is 7.68. The van der Waals surface area contributed by atoms with Crippen molar-refractivity contribution in [3.05, 3.63) is 91.9 Å². The molecule has 0 unspecified atom stereocenters. The Labute approximate surface area is 230 Å². The van der Waals surface area contributed by atoms with Gasteiger partial charge >= 0.3 is 0 Å². The third-order valence-electron chi connectivity index (χ3n) is 6.97. The van der Waals surface area contributed by atoms with Crippen LogP contribution in [0.2, 0.25) is 15.1 Å². The van der Waals surface area contributed by atoms with Crippen LogP contribution in [0.15, 0.2) is 65.5 Å². The second kappa shape index (κ2) is 9.95. The van der Waals surface area contributed by atoms with E-state index >= 15 is 0 Å². The minimum Gasteiger partial charge on any atom is -0.369 e. The summed E-state index contributed by atoms with van der Waals surface area (Å²) >= 11 is 19.7. The van der Waals surface area contributed by atoms with E-state index in [1.165, 1.54) is 18.2 Å². The first kappa shape index (κ1) is 26.1. The third kappa shape index (κ3) is 4.98. The zero-order valence-corrected chi connectivity index (χ0v) is 23.1. The first-order valence-electron chi connectivity index (χ1n) is 12.1. The summed E-state index contributed by atoms with van der Waals surface area (Å²) in [5.41, 5.74) is 3.32. The Morgan fingerprint density at radius 3 is 2.08 bits per heavy atom. The number of hydrogen-bond acceptors (Lipinski definition) is 3. The van der Waals surface area contributed by atoms with Crippen molar-refractivity contribution in [1.82, 2.24) is 9.47 Å². The third-order valence-corrected chi connectivity index (χ3v) is 7.90. The molecule has 0 atom stereocenters. The number of pyridine rings is 1. The minimum atomic E-state index is -0.410. The van der Waals surface area contributed by atoms with Crippen LogP contribution in [0.4, 0.5) is 10.1 Å². The number of halogens is 4. The number of hydrogen-bond donors (Lipinski definition) is 0. The number of benzene rings is 3. The lowest BCUT2D eigenvalue weighted by atomic mass is 9.98. The zero-order valence-electron chi connectivity index (χ0n) is 20.9. The summed E-state index contributed by atoms with van der Waals surface area (Å²) in [7, 11) is 0. The summed E-state index contributed by atoms with van der Waals surface area (Å²) in [5, 5.41) is 1.81. The van der Waals surface area contributed by atoms with Gasteiger partial charge in [0, 0.05) is 54.4 Å². The number of para-hydroxylation sites is 1. The molecule has 0 bridgehead atoms. The SMILES string of the molecule is CC(C)(C)N1CCN(c2cc(-c3ccc(F)cc3Cl)c3ccc(=O)n(-c4c(Cl)cccc4Cl)c3c2)CC1. The molecule has 0 aliphatic carbocycles. The first-order chi connectivity index (χ1) is 17.5. The molecule has 1 aliphatic rings. The fourth-order valence-corrected chi connectivity index (χ4v) is 5.85. The summed E-state index contributed by atoms with van der Waals surface area (Å²) in [5.74, 6) is -0.410. The highest BCUT2D eigenvalue weighted by molar-refractivity contribution is 6.38. The number of aromatic nitrogens is 1. The monoisotopic (exact) mass is 557 g/mol. The standard InChI is InChI=1S/C29H27Cl3FN3O/c1-29(2,3)35-13-11-34(12-14-35)19-16-22(20-8-7-18(33)15-25(20)32)21-9-10-27(37)36(26(21)17-19)28-23(30)5-4-6-24(28)31/h4-10,15-17H,11-14H2,1-3H3. The minimum absolute atomic E-state index is 0.0869. The van der Waals surface area contributed by atoms with Crippen molar-refractivity contribution in [2.45, 2.75) is 26.3 Å². The van der Waals surface area contributed by atoms with Crippen LogP contribution in [0.3, 0.4) is 0 Å². The van der Waals surface area contributed by atoms with Gasteiger partial charge in [-0.05, 0) is 74.9 Å².